The average molecular weight is 412 g/mol. The fraction of sp³-hybridized carbons (Fsp3) is 0.632. The van der Waals surface area contributed by atoms with Gasteiger partial charge in [0.05, 0.1) is 0 Å². The highest BCUT2D eigenvalue weighted by Gasteiger charge is 2.16. The van der Waals surface area contributed by atoms with Crippen LogP contribution in [0.2, 0.25) is 0 Å². The first-order valence-electron chi connectivity index (χ1n) is 9.45. The predicted molar refractivity (Wildman–Crippen MR) is 109 cm³/mol. The van der Waals surface area contributed by atoms with Crippen LogP contribution in [0, 0.1) is 0 Å². The first-order valence-corrected chi connectivity index (χ1v) is 9.45. The van der Waals surface area contributed by atoms with Crippen LogP contribution in [0.25, 0.3) is 0 Å². The Labute approximate surface area is 171 Å². The molecule has 0 saturated heterocycles. The number of nitrogens with one attached hydrogen (secondary N) is 4. The van der Waals surface area contributed by atoms with Crippen molar-refractivity contribution in [1.82, 2.24) is 21.0 Å². The number of alkyl carbamates (subject to hydrolysis) is 1. The number of anilines is 1. The summed E-state index contributed by atoms with van der Waals surface area (Å²) in [5.41, 5.74) is 4.44. The number of pyridine rings is 1. The molecule has 0 spiro atoms. The van der Waals surface area contributed by atoms with Crippen molar-refractivity contribution >= 4 is 18.0 Å². The zero-order valence-corrected chi connectivity index (χ0v) is 18.0. The van der Waals surface area contributed by atoms with Crippen LogP contribution in [0.5, 0.6) is 0 Å². The van der Waals surface area contributed by atoms with E-state index in [9.17, 15) is 14.7 Å². The molecule has 10 nitrogen and oxygen atoms in total. The minimum absolute atomic E-state index is 0.397. The minimum Gasteiger partial charge on any atom is -0.444 e. The van der Waals surface area contributed by atoms with E-state index in [1.165, 1.54) is 6.20 Å². The number of aliphatic hydroxyl groups excluding tert-OH is 1. The van der Waals surface area contributed by atoms with Gasteiger partial charge in [-0.2, -0.15) is 0 Å². The van der Waals surface area contributed by atoms with Gasteiger partial charge in [0.1, 0.15) is 23.2 Å². The summed E-state index contributed by atoms with van der Waals surface area (Å²) in [6.45, 7) is 11.6. The molecule has 1 aromatic heterocycles. The molecule has 10 heteroatoms. The van der Waals surface area contributed by atoms with Crippen molar-refractivity contribution in [2.45, 2.75) is 65.4 Å². The van der Waals surface area contributed by atoms with E-state index >= 15 is 0 Å². The second kappa shape index (κ2) is 10.8. The van der Waals surface area contributed by atoms with E-state index in [-0.39, 0.29) is 0 Å². The fourth-order valence-electron chi connectivity index (χ4n) is 2.01. The largest absolute Gasteiger partial charge is 0.444 e. The molecule has 1 aromatic rings. The van der Waals surface area contributed by atoms with E-state index < -0.39 is 29.6 Å². The van der Waals surface area contributed by atoms with E-state index in [1.54, 1.807) is 53.7 Å². The van der Waals surface area contributed by atoms with Crippen LogP contribution >= 0.6 is 0 Å². The number of nitrogens with zero attached hydrogens (tertiary/aromatic N) is 1. The zero-order valence-electron chi connectivity index (χ0n) is 18.0. The van der Waals surface area contributed by atoms with Gasteiger partial charge in [-0.1, -0.05) is 0 Å². The second-order valence-corrected chi connectivity index (χ2v) is 8.37. The molecule has 0 aliphatic carbocycles. The summed E-state index contributed by atoms with van der Waals surface area (Å²) in [6, 6.07) is 3.28. The van der Waals surface area contributed by atoms with Gasteiger partial charge in [-0.3, -0.25) is 10.7 Å². The van der Waals surface area contributed by atoms with Crippen LogP contribution < -0.4 is 21.5 Å². The third kappa shape index (κ3) is 11.8. The molecule has 0 bridgehead atoms. The van der Waals surface area contributed by atoms with Crippen molar-refractivity contribution in [1.29, 1.82) is 0 Å². The quantitative estimate of drug-likeness (QED) is 0.250. The van der Waals surface area contributed by atoms with Crippen LogP contribution in [-0.4, -0.2) is 46.6 Å². The maximum Gasteiger partial charge on any atom is 0.426 e. The number of carbonyl (C=O) groups is 2. The van der Waals surface area contributed by atoms with Gasteiger partial charge in [-0.05, 0) is 66.6 Å². The van der Waals surface area contributed by atoms with E-state index in [1.807, 2.05) is 0 Å². The second-order valence-electron chi connectivity index (χ2n) is 8.37. The SMILES string of the molecule is CC(C)(C)OC(=O)NCCCNC(O)c1ccc(NNC(=O)OC(C)(C)C)nc1. The van der Waals surface area contributed by atoms with Gasteiger partial charge in [0.15, 0.2) is 0 Å². The predicted octanol–water partition coefficient (Wildman–Crippen LogP) is 2.43. The standard InChI is InChI=1S/C19H33N5O5/c1-18(2,3)28-16(26)21-11-7-10-20-15(25)13-8-9-14(22-12-13)23-24-17(27)29-19(4,5)6/h8-9,12,15,20,25H,7,10-11H2,1-6H3,(H,21,26)(H,22,23)(H,24,27). The Morgan fingerprint density at radius 2 is 1.66 bits per heavy atom. The molecule has 1 heterocycles. The van der Waals surface area contributed by atoms with Gasteiger partial charge in [0.25, 0.3) is 0 Å². The number of aromatic nitrogens is 1. The lowest BCUT2D eigenvalue weighted by Gasteiger charge is -2.20. The summed E-state index contributed by atoms with van der Waals surface area (Å²) >= 11 is 0. The minimum atomic E-state index is -0.906. The molecule has 0 radical (unpaired) electrons. The fourth-order valence-corrected chi connectivity index (χ4v) is 2.01. The van der Waals surface area contributed by atoms with Gasteiger partial charge >= 0.3 is 12.2 Å². The van der Waals surface area contributed by atoms with Crippen LogP contribution in [0.15, 0.2) is 18.3 Å². The molecular weight excluding hydrogens is 378 g/mol. The maximum absolute atomic E-state index is 11.6. The monoisotopic (exact) mass is 411 g/mol. The normalized spacial score (nSPS) is 12.7. The van der Waals surface area contributed by atoms with Gasteiger partial charge in [0, 0.05) is 18.3 Å². The van der Waals surface area contributed by atoms with Gasteiger partial charge in [-0.15, -0.1) is 0 Å². The van der Waals surface area contributed by atoms with Gasteiger partial charge in [0.2, 0.25) is 0 Å². The van der Waals surface area contributed by atoms with Crippen molar-refractivity contribution in [2.75, 3.05) is 18.5 Å². The number of hydrogen-bond acceptors (Lipinski definition) is 8. The smallest absolute Gasteiger partial charge is 0.426 e. The summed E-state index contributed by atoms with van der Waals surface area (Å²) in [4.78, 5) is 27.2. The number of hydrogen-bond donors (Lipinski definition) is 5. The van der Waals surface area contributed by atoms with Gasteiger partial charge in [-0.25, -0.2) is 20.0 Å². The Morgan fingerprint density at radius 1 is 1.03 bits per heavy atom. The summed E-state index contributed by atoms with van der Waals surface area (Å²) in [5, 5.41) is 15.7. The van der Waals surface area contributed by atoms with Crippen LogP contribution in [-0.2, 0) is 9.47 Å². The Bertz CT molecular complexity index is 652. The summed E-state index contributed by atoms with van der Waals surface area (Å²) in [5.74, 6) is 0.397. The molecule has 0 aliphatic rings. The molecule has 5 N–H and O–H groups in total. The van der Waals surface area contributed by atoms with Crippen LogP contribution in [0.4, 0.5) is 15.4 Å². The number of rotatable bonds is 8. The average Bonchev–Trinajstić information content (AvgIpc) is 2.57. The maximum atomic E-state index is 11.6. The first kappa shape index (κ1) is 24.4. The molecule has 0 aromatic carbocycles. The Kier molecular flexibility index (Phi) is 9.12. The number of aliphatic hydroxyl groups is 1. The lowest BCUT2D eigenvalue weighted by atomic mass is 10.2. The Balaban J connectivity index is 2.29. The van der Waals surface area contributed by atoms with E-state index in [2.05, 4.69) is 26.5 Å². The highest BCUT2D eigenvalue weighted by atomic mass is 16.6. The third-order valence-electron chi connectivity index (χ3n) is 3.15. The molecule has 29 heavy (non-hydrogen) atoms. The highest BCUT2D eigenvalue weighted by molar-refractivity contribution is 5.69. The van der Waals surface area contributed by atoms with Crippen molar-refractivity contribution in [2.24, 2.45) is 0 Å². The number of hydrazine groups is 1. The van der Waals surface area contributed by atoms with Crippen LogP contribution in [0.1, 0.15) is 59.8 Å². The van der Waals surface area contributed by atoms with Crippen molar-refractivity contribution in [3.63, 3.8) is 0 Å². The van der Waals surface area contributed by atoms with E-state index in [0.29, 0.717) is 30.9 Å². The van der Waals surface area contributed by atoms with Crippen molar-refractivity contribution < 1.29 is 24.2 Å². The molecule has 0 saturated carbocycles. The number of carbonyl (C=O) groups excluding carboxylic acids is 2. The van der Waals surface area contributed by atoms with Crippen molar-refractivity contribution in [3.8, 4) is 0 Å². The van der Waals surface area contributed by atoms with Gasteiger partial charge < -0.3 is 19.9 Å². The molecule has 1 unspecified atom stereocenters. The molecule has 164 valence electrons. The van der Waals surface area contributed by atoms with E-state index in [4.69, 9.17) is 9.47 Å². The summed E-state index contributed by atoms with van der Waals surface area (Å²) < 4.78 is 10.2. The molecule has 1 rings (SSSR count). The topological polar surface area (TPSA) is 134 Å². The third-order valence-corrected chi connectivity index (χ3v) is 3.15. The molecule has 1 atom stereocenters. The Hall–Kier alpha value is -2.59. The molecule has 2 amide bonds. The summed E-state index contributed by atoms with van der Waals surface area (Å²) in [7, 11) is 0. The number of amides is 2. The summed E-state index contributed by atoms with van der Waals surface area (Å²) in [6.07, 6.45) is 0.103. The zero-order chi connectivity index (χ0) is 22.1. The van der Waals surface area contributed by atoms with Crippen molar-refractivity contribution in [3.05, 3.63) is 23.9 Å². The first-order chi connectivity index (χ1) is 13.4. The lowest BCUT2D eigenvalue weighted by Crippen LogP contribution is -2.36. The molecule has 0 fully saturated rings. The van der Waals surface area contributed by atoms with Crippen LogP contribution in [0.3, 0.4) is 0 Å². The molecular formula is C19H33N5O5. The lowest BCUT2D eigenvalue weighted by molar-refractivity contribution is 0.0520. The Morgan fingerprint density at radius 3 is 2.21 bits per heavy atom. The molecule has 0 aliphatic heterocycles. The highest BCUT2D eigenvalue weighted by Crippen LogP contribution is 2.11. The number of ether oxygens (including phenoxy) is 2. The van der Waals surface area contributed by atoms with E-state index in [0.717, 1.165) is 0 Å².